The first kappa shape index (κ1) is 23.6. The van der Waals surface area contributed by atoms with Gasteiger partial charge in [-0.05, 0) is 15.4 Å². The minimum absolute atomic E-state index is 0.0512. The molecule has 4 rings (SSSR count). The predicted octanol–water partition coefficient (Wildman–Crippen LogP) is 4.07. The number of nitrogens with zero attached hydrogens (tertiary/aromatic N) is 4. The highest BCUT2D eigenvalue weighted by Gasteiger charge is 2.49. The molecule has 8 heteroatoms. The van der Waals surface area contributed by atoms with Crippen molar-refractivity contribution in [1.82, 2.24) is 19.5 Å². The van der Waals surface area contributed by atoms with Crippen LogP contribution in [0.25, 0.3) is 11.2 Å². The van der Waals surface area contributed by atoms with Gasteiger partial charge in [0.1, 0.15) is 11.8 Å². The molecule has 172 valence electrons. The summed E-state index contributed by atoms with van der Waals surface area (Å²) in [5.41, 5.74) is 1.32. The molecule has 0 spiro atoms. The van der Waals surface area contributed by atoms with E-state index in [4.69, 9.17) is 20.8 Å². The Balaban J connectivity index is 1.44. The van der Waals surface area contributed by atoms with Crippen LogP contribution in [0.15, 0.2) is 73.3 Å². The molecule has 2 aromatic carbocycles. The fraction of sp³-hybridized carbons (Fsp3) is 0.320. The molecule has 0 bridgehead atoms. The number of halogens is 1. The zero-order valence-corrected chi connectivity index (χ0v) is 21.0. The zero-order chi connectivity index (χ0) is 23.3. The summed E-state index contributed by atoms with van der Waals surface area (Å²) in [5, 5.41) is 2.85. The molecule has 0 aliphatic heterocycles. The van der Waals surface area contributed by atoms with E-state index in [1.807, 2.05) is 4.57 Å². The van der Waals surface area contributed by atoms with Crippen LogP contribution in [0.3, 0.4) is 0 Å². The van der Waals surface area contributed by atoms with Crippen LogP contribution in [0.2, 0.25) is 10.2 Å². The van der Waals surface area contributed by atoms with Crippen LogP contribution >= 0.6 is 11.6 Å². The molecule has 0 atom stereocenters. The summed E-state index contributed by atoms with van der Waals surface area (Å²) in [6.45, 7) is 9.00. The van der Waals surface area contributed by atoms with Crippen molar-refractivity contribution in [3.05, 3.63) is 78.5 Å². The Morgan fingerprint density at radius 1 is 0.848 bits per heavy atom. The van der Waals surface area contributed by atoms with Gasteiger partial charge in [-0.3, -0.25) is 0 Å². The molecule has 2 aromatic heterocycles. The second-order valence-corrected chi connectivity index (χ2v) is 13.6. The third kappa shape index (κ3) is 4.87. The van der Waals surface area contributed by atoms with Gasteiger partial charge in [-0.1, -0.05) is 93.0 Å². The molecular weight excluding hydrogens is 452 g/mol. The van der Waals surface area contributed by atoms with Crippen LogP contribution in [-0.2, 0) is 15.7 Å². The molecule has 0 saturated heterocycles. The van der Waals surface area contributed by atoms with Gasteiger partial charge < -0.3 is 13.7 Å². The van der Waals surface area contributed by atoms with E-state index in [0.29, 0.717) is 42.7 Å². The predicted molar refractivity (Wildman–Crippen MR) is 135 cm³/mol. The van der Waals surface area contributed by atoms with Gasteiger partial charge in [-0.25, -0.2) is 15.0 Å². The second kappa shape index (κ2) is 10.1. The van der Waals surface area contributed by atoms with Gasteiger partial charge in [0.05, 0.1) is 26.1 Å². The van der Waals surface area contributed by atoms with Crippen LogP contribution < -0.4 is 10.4 Å². The minimum Gasteiger partial charge on any atom is -0.405 e. The van der Waals surface area contributed by atoms with Crippen molar-refractivity contribution >= 4 is 41.5 Å². The smallest absolute Gasteiger partial charge is 0.261 e. The first-order chi connectivity index (χ1) is 15.9. The summed E-state index contributed by atoms with van der Waals surface area (Å²) >= 11 is 6.08. The lowest BCUT2D eigenvalue weighted by Crippen LogP contribution is -2.66. The van der Waals surface area contributed by atoms with Crippen LogP contribution in [0.1, 0.15) is 20.8 Å². The quantitative estimate of drug-likeness (QED) is 0.205. The maximum atomic E-state index is 6.85. The van der Waals surface area contributed by atoms with E-state index >= 15 is 0 Å². The van der Waals surface area contributed by atoms with E-state index in [1.165, 1.54) is 16.7 Å². The normalized spacial score (nSPS) is 12.4. The number of imidazole rings is 1. The Morgan fingerprint density at radius 3 is 2.09 bits per heavy atom. The van der Waals surface area contributed by atoms with Crippen LogP contribution in [0.4, 0.5) is 0 Å². The van der Waals surface area contributed by atoms with E-state index in [9.17, 15) is 0 Å². The van der Waals surface area contributed by atoms with E-state index in [1.54, 1.807) is 6.33 Å². The van der Waals surface area contributed by atoms with Crippen molar-refractivity contribution in [3.8, 4) is 0 Å². The standard InChI is InChI=1S/C25H29ClN4O2Si/c1-25(2,3)33(20-10-6-4-7-11-20,21-12-8-5-9-13-21)32-17-16-31-15-14-30-19-29-22-23(26)27-18-28-24(22)30/h4-13,18-19H,14-17H2,1-3H3. The van der Waals surface area contributed by atoms with Crippen LogP contribution in [0, 0.1) is 0 Å². The number of aromatic nitrogens is 4. The highest BCUT2D eigenvalue weighted by molar-refractivity contribution is 6.99. The second-order valence-electron chi connectivity index (χ2n) is 8.90. The summed E-state index contributed by atoms with van der Waals surface area (Å²) in [7, 11) is -2.53. The van der Waals surface area contributed by atoms with Gasteiger partial charge in [-0.2, -0.15) is 0 Å². The van der Waals surface area contributed by atoms with E-state index in [-0.39, 0.29) is 5.04 Å². The number of ether oxygens (including phenoxy) is 1. The van der Waals surface area contributed by atoms with Gasteiger partial charge in [0.2, 0.25) is 0 Å². The highest BCUT2D eigenvalue weighted by atomic mass is 35.5. The molecule has 0 unspecified atom stereocenters. The Bertz CT molecular complexity index is 1140. The molecule has 0 saturated carbocycles. The number of hydrogen-bond acceptors (Lipinski definition) is 5. The summed E-state index contributed by atoms with van der Waals surface area (Å²) in [4.78, 5) is 12.5. The molecule has 4 aromatic rings. The van der Waals surface area contributed by atoms with Crippen molar-refractivity contribution < 1.29 is 9.16 Å². The Kier molecular flexibility index (Phi) is 7.24. The molecule has 0 aliphatic rings. The Hall–Kier alpha value is -2.58. The van der Waals surface area contributed by atoms with Gasteiger partial charge in [0.15, 0.2) is 10.8 Å². The summed E-state index contributed by atoms with van der Waals surface area (Å²) < 4.78 is 14.7. The first-order valence-electron chi connectivity index (χ1n) is 11.1. The molecule has 2 heterocycles. The molecule has 33 heavy (non-hydrogen) atoms. The van der Waals surface area contributed by atoms with E-state index in [0.717, 1.165) is 0 Å². The number of rotatable bonds is 9. The van der Waals surface area contributed by atoms with Gasteiger partial charge in [0, 0.05) is 6.54 Å². The van der Waals surface area contributed by atoms with E-state index in [2.05, 4.69) is 96.4 Å². The van der Waals surface area contributed by atoms with Crippen molar-refractivity contribution in [3.63, 3.8) is 0 Å². The number of benzene rings is 2. The SMILES string of the molecule is CC(C)(C)[Si](OCCOCCn1cnc2c(Cl)ncnc21)(c1ccccc1)c1ccccc1. The van der Waals surface area contributed by atoms with Crippen molar-refractivity contribution in [2.45, 2.75) is 32.4 Å². The lowest BCUT2D eigenvalue weighted by atomic mass is 10.2. The van der Waals surface area contributed by atoms with Crippen molar-refractivity contribution in [2.75, 3.05) is 19.8 Å². The third-order valence-corrected chi connectivity index (χ3v) is 11.1. The Labute approximate surface area is 200 Å². The average Bonchev–Trinajstić information content (AvgIpc) is 3.23. The minimum atomic E-state index is -2.53. The van der Waals surface area contributed by atoms with Crippen molar-refractivity contribution in [1.29, 1.82) is 0 Å². The van der Waals surface area contributed by atoms with Crippen LogP contribution in [0.5, 0.6) is 0 Å². The van der Waals surface area contributed by atoms with E-state index < -0.39 is 8.32 Å². The molecule has 0 fully saturated rings. The number of fused-ring (bicyclic) bond motifs is 1. The van der Waals surface area contributed by atoms with Gasteiger partial charge >= 0.3 is 0 Å². The topological polar surface area (TPSA) is 62.1 Å². The third-order valence-electron chi connectivity index (χ3n) is 5.80. The maximum absolute atomic E-state index is 6.85. The average molecular weight is 481 g/mol. The van der Waals surface area contributed by atoms with Crippen LogP contribution in [-0.4, -0.2) is 47.7 Å². The summed E-state index contributed by atoms with van der Waals surface area (Å²) in [6, 6.07) is 21.3. The monoisotopic (exact) mass is 480 g/mol. The molecular formula is C25H29ClN4O2Si. The van der Waals surface area contributed by atoms with Crippen molar-refractivity contribution in [2.24, 2.45) is 0 Å². The lowest BCUT2D eigenvalue weighted by molar-refractivity contribution is 0.0918. The molecule has 0 aliphatic carbocycles. The van der Waals surface area contributed by atoms with Gasteiger partial charge in [-0.15, -0.1) is 0 Å². The summed E-state index contributed by atoms with van der Waals surface area (Å²) in [5.74, 6) is 0. The maximum Gasteiger partial charge on any atom is 0.261 e. The van der Waals surface area contributed by atoms with Gasteiger partial charge in [0.25, 0.3) is 8.32 Å². The molecule has 0 amide bonds. The zero-order valence-electron chi connectivity index (χ0n) is 19.2. The molecule has 6 nitrogen and oxygen atoms in total. The fourth-order valence-corrected chi connectivity index (χ4v) is 9.02. The fourth-order valence-electron chi connectivity index (χ4n) is 4.30. The summed E-state index contributed by atoms with van der Waals surface area (Å²) in [6.07, 6.45) is 3.16. The molecule has 0 N–H and O–H groups in total. The lowest BCUT2D eigenvalue weighted by Gasteiger charge is -2.43. The highest BCUT2D eigenvalue weighted by Crippen LogP contribution is 2.36. The largest absolute Gasteiger partial charge is 0.405 e. The molecule has 0 radical (unpaired) electrons. The Morgan fingerprint density at radius 2 is 1.48 bits per heavy atom. The first-order valence-corrected chi connectivity index (χ1v) is 13.4. The number of hydrogen-bond donors (Lipinski definition) is 0.